The molecule has 7 nitrogen and oxygen atoms in total. The molecule has 2 aromatic rings. The van der Waals surface area contributed by atoms with E-state index in [0.717, 1.165) is 17.1 Å². The van der Waals surface area contributed by atoms with Crippen molar-refractivity contribution in [2.75, 3.05) is 33.0 Å². The Kier molecular flexibility index (Phi) is 10.1. The third-order valence-corrected chi connectivity index (χ3v) is 3.98. The van der Waals surface area contributed by atoms with Crippen LogP contribution in [0.15, 0.2) is 48.5 Å². The van der Waals surface area contributed by atoms with E-state index in [1.165, 1.54) is 0 Å². The Balaban J connectivity index is 1.50. The molecule has 1 N–H and O–H groups in total. The topological polar surface area (TPSA) is 83.1 Å². The molecule has 7 heteroatoms. The summed E-state index contributed by atoms with van der Waals surface area (Å²) in [5.74, 6) is 1.45. The van der Waals surface area contributed by atoms with Gasteiger partial charge in [-0.2, -0.15) is 0 Å². The van der Waals surface area contributed by atoms with Crippen molar-refractivity contribution >= 4 is 11.9 Å². The van der Waals surface area contributed by atoms with Gasteiger partial charge in [-0.1, -0.05) is 12.1 Å². The predicted octanol–water partition coefficient (Wildman–Crippen LogP) is 3.29. The zero-order valence-electron chi connectivity index (χ0n) is 17.5. The van der Waals surface area contributed by atoms with Gasteiger partial charge in [0.2, 0.25) is 0 Å². The molecule has 2 aromatic carbocycles. The summed E-state index contributed by atoms with van der Waals surface area (Å²) in [6, 6.07) is 15.0. The fourth-order valence-electron chi connectivity index (χ4n) is 2.54. The van der Waals surface area contributed by atoms with E-state index >= 15 is 0 Å². The highest BCUT2D eigenvalue weighted by Gasteiger charge is 2.07. The monoisotopic (exact) mass is 415 g/mol. The van der Waals surface area contributed by atoms with Crippen LogP contribution >= 0.6 is 0 Å². The molecule has 0 unspecified atom stereocenters. The fourth-order valence-corrected chi connectivity index (χ4v) is 2.54. The number of carbonyl (C=O) groups excluding carboxylic acids is 2. The lowest BCUT2D eigenvalue weighted by molar-refractivity contribution is -0.148. The quantitative estimate of drug-likeness (QED) is 0.399. The number of carbonyl (C=O) groups is 2. The first-order valence-electron chi connectivity index (χ1n) is 10.0. The Morgan fingerprint density at radius 3 is 2.30 bits per heavy atom. The van der Waals surface area contributed by atoms with Crippen LogP contribution in [0.4, 0.5) is 0 Å². The van der Waals surface area contributed by atoms with Gasteiger partial charge in [0.25, 0.3) is 5.91 Å². The molecule has 0 aliphatic heterocycles. The molecule has 30 heavy (non-hydrogen) atoms. The van der Waals surface area contributed by atoms with Crippen LogP contribution in [0.1, 0.15) is 25.3 Å². The van der Waals surface area contributed by atoms with Gasteiger partial charge in [0.05, 0.1) is 19.8 Å². The van der Waals surface area contributed by atoms with Crippen LogP contribution in [-0.4, -0.2) is 44.8 Å². The summed E-state index contributed by atoms with van der Waals surface area (Å²) in [4.78, 5) is 23.4. The summed E-state index contributed by atoms with van der Waals surface area (Å²) >= 11 is 0. The van der Waals surface area contributed by atoms with Crippen molar-refractivity contribution in [3.05, 3.63) is 54.1 Å². The van der Waals surface area contributed by atoms with Crippen molar-refractivity contribution in [3.8, 4) is 17.2 Å². The third-order valence-electron chi connectivity index (χ3n) is 3.98. The first-order valence-corrected chi connectivity index (χ1v) is 10.0. The van der Waals surface area contributed by atoms with E-state index in [2.05, 4.69) is 5.32 Å². The first-order chi connectivity index (χ1) is 14.6. The van der Waals surface area contributed by atoms with Crippen molar-refractivity contribution in [1.29, 1.82) is 0 Å². The van der Waals surface area contributed by atoms with Crippen LogP contribution in [-0.2, 0) is 14.3 Å². The number of aryl methyl sites for hydroxylation is 1. The summed E-state index contributed by atoms with van der Waals surface area (Å²) in [7, 11) is 0. The Morgan fingerprint density at radius 1 is 0.900 bits per heavy atom. The second kappa shape index (κ2) is 13.1. The maximum atomic E-state index is 11.7. The largest absolute Gasteiger partial charge is 0.494 e. The Hall–Kier alpha value is -3.22. The van der Waals surface area contributed by atoms with Gasteiger partial charge < -0.3 is 24.3 Å². The van der Waals surface area contributed by atoms with Gasteiger partial charge in [0, 0.05) is 6.42 Å². The molecule has 2 rings (SSSR count). The molecule has 0 aliphatic rings. The van der Waals surface area contributed by atoms with Gasteiger partial charge in [-0.15, -0.1) is 0 Å². The highest BCUT2D eigenvalue weighted by Crippen LogP contribution is 2.17. The van der Waals surface area contributed by atoms with Crippen molar-refractivity contribution in [3.63, 3.8) is 0 Å². The summed E-state index contributed by atoms with van der Waals surface area (Å²) in [5, 5.41) is 2.64. The average Bonchev–Trinajstić information content (AvgIpc) is 2.74. The summed E-state index contributed by atoms with van der Waals surface area (Å²) in [6.45, 7) is 5.25. The Morgan fingerprint density at radius 2 is 1.60 bits per heavy atom. The van der Waals surface area contributed by atoms with E-state index in [0.29, 0.717) is 38.5 Å². The minimum Gasteiger partial charge on any atom is -0.494 e. The molecule has 0 saturated heterocycles. The fraction of sp³-hybridized carbons (Fsp3) is 0.391. The maximum absolute atomic E-state index is 11.7. The number of esters is 1. The van der Waals surface area contributed by atoms with Gasteiger partial charge in [-0.25, -0.2) is 0 Å². The number of amides is 1. The van der Waals surface area contributed by atoms with Crippen LogP contribution in [0.3, 0.4) is 0 Å². The average molecular weight is 415 g/mol. The summed E-state index contributed by atoms with van der Waals surface area (Å²) in [5.41, 5.74) is 1.11. The van der Waals surface area contributed by atoms with E-state index in [1.54, 1.807) is 12.1 Å². The lowest BCUT2D eigenvalue weighted by atomic mass is 10.2. The first kappa shape index (κ1) is 23.1. The Bertz CT molecular complexity index is 791. The highest BCUT2D eigenvalue weighted by atomic mass is 16.5. The standard InChI is InChI=1S/C23H29NO6/c1-3-27-19-9-11-20(12-10-19)29-15-13-24-22(25)17-30-23(26)8-5-14-28-21-7-4-6-18(2)16-21/h4,6-7,9-12,16H,3,5,8,13-15,17H2,1-2H3,(H,24,25). The minimum absolute atomic E-state index is 0.194. The molecule has 0 heterocycles. The van der Waals surface area contributed by atoms with Gasteiger partial charge in [-0.05, 0) is 62.2 Å². The molecule has 0 fully saturated rings. The lowest BCUT2D eigenvalue weighted by Crippen LogP contribution is -2.32. The minimum atomic E-state index is -0.427. The second-order valence-electron chi connectivity index (χ2n) is 6.53. The van der Waals surface area contributed by atoms with Crippen LogP contribution in [0.5, 0.6) is 17.2 Å². The second-order valence-corrected chi connectivity index (χ2v) is 6.53. The molecular formula is C23H29NO6. The van der Waals surface area contributed by atoms with Crippen molar-refractivity contribution in [2.24, 2.45) is 0 Å². The summed E-state index contributed by atoms with van der Waals surface area (Å²) < 4.78 is 21.4. The smallest absolute Gasteiger partial charge is 0.306 e. The number of hydrogen-bond acceptors (Lipinski definition) is 6. The van der Waals surface area contributed by atoms with Gasteiger partial charge >= 0.3 is 5.97 Å². The molecule has 162 valence electrons. The predicted molar refractivity (Wildman–Crippen MR) is 113 cm³/mol. The normalized spacial score (nSPS) is 10.2. The molecule has 0 radical (unpaired) electrons. The van der Waals surface area contributed by atoms with Crippen LogP contribution in [0.2, 0.25) is 0 Å². The molecule has 0 aromatic heterocycles. The molecule has 0 aliphatic carbocycles. The molecule has 0 atom stereocenters. The van der Waals surface area contributed by atoms with Crippen LogP contribution < -0.4 is 19.5 Å². The van der Waals surface area contributed by atoms with E-state index in [9.17, 15) is 9.59 Å². The summed E-state index contributed by atoms with van der Waals surface area (Å²) in [6.07, 6.45) is 0.713. The number of rotatable bonds is 13. The van der Waals surface area contributed by atoms with Gasteiger partial charge in [0.15, 0.2) is 6.61 Å². The van der Waals surface area contributed by atoms with E-state index in [4.69, 9.17) is 18.9 Å². The number of benzene rings is 2. The highest BCUT2D eigenvalue weighted by molar-refractivity contribution is 5.80. The molecule has 0 saturated carbocycles. The van der Waals surface area contributed by atoms with Crippen LogP contribution in [0.25, 0.3) is 0 Å². The molecule has 0 bridgehead atoms. The Labute approximate surface area is 177 Å². The lowest BCUT2D eigenvalue weighted by Gasteiger charge is -2.09. The molecule has 1 amide bonds. The zero-order chi connectivity index (χ0) is 21.6. The SMILES string of the molecule is CCOc1ccc(OCCNC(=O)COC(=O)CCCOc2cccc(C)c2)cc1. The van der Waals surface area contributed by atoms with Gasteiger partial charge in [0.1, 0.15) is 23.9 Å². The molecule has 0 spiro atoms. The third kappa shape index (κ3) is 9.32. The van der Waals surface area contributed by atoms with Gasteiger partial charge in [-0.3, -0.25) is 9.59 Å². The van der Waals surface area contributed by atoms with Crippen molar-refractivity contribution < 1.29 is 28.5 Å². The van der Waals surface area contributed by atoms with Crippen molar-refractivity contribution in [2.45, 2.75) is 26.7 Å². The number of hydrogen-bond donors (Lipinski definition) is 1. The van der Waals surface area contributed by atoms with E-state index in [1.807, 2.05) is 50.2 Å². The van der Waals surface area contributed by atoms with Crippen molar-refractivity contribution in [1.82, 2.24) is 5.32 Å². The van der Waals surface area contributed by atoms with E-state index < -0.39 is 5.97 Å². The van der Waals surface area contributed by atoms with E-state index in [-0.39, 0.29) is 18.9 Å². The maximum Gasteiger partial charge on any atom is 0.306 e. The van der Waals surface area contributed by atoms with Crippen LogP contribution in [0, 0.1) is 6.92 Å². The number of ether oxygens (including phenoxy) is 4. The molecular weight excluding hydrogens is 386 g/mol. The zero-order valence-corrected chi connectivity index (χ0v) is 17.5. The number of nitrogens with one attached hydrogen (secondary N) is 1.